The van der Waals surface area contributed by atoms with Crippen LogP contribution in [0.15, 0.2) is 48.1 Å². The van der Waals surface area contributed by atoms with E-state index in [9.17, 15) is 0 Å². The molecule has 3 aliphatic carbocycles. The third-order valence-electron chi connectivity index (χ3n) is 5.73. The zero-order valence-corrected chi connectivity index (χ0v) is 14.3. The third kappa shape index (κ3) is 2.47. The van der Waals surface area contributed by atoms with Crippen LogP contribution in [0.5, 0.6) is 0 Å². The smallest absolute Gasteiger partial charge is 0.0204 e. The van der Waals surface area contributed by atoms with E-state index in [1.54, 1.807) is 5.57 Å². The number of hydrogen-bond donors (Lipinski definition) is 0. The van der Waals surface area contributed by atoms with E-state index in [0.29, 0.717) is 16.7 Å². The molecule has 0 heterocycles. The molecule has 0 saturated heterocycles. The van der Waals surface area contributed by atoms with Crippen LogP contribution >= 0.6 is 0 Å². The van der Waals surface area contributed by atoms with Crippen molar-refractivity contribution in [3.8, 4) is 0 Å². The first kappa shape index (κ1) is 14.9. The summed E-state index contributed by atoms with van der Waals surface area (Å²) in [6, 6.07) is 0. The fourth-order valence-electron chi connectivity index (χ4n) is 4.45. The molecular weight excluding hydrogens is 252 g/mol. The largest absolute Gasteiger partial charge is 0.0988 e. The number of fused-ring (bicyclic) bond motifs is 1. The Morgan fingerprint density at radius 2 is 2.14 bits per heavy atom. The molecule has 0 aromatic heterocycles. The standard InChI is InChI=1S/C21H30/c1-7-14(2)10-16(12-20(4,5)6)15(3)11-17-13-21-9-8-18(21)19(17)21/h7-10,13,15-16,18-19H,1,11-12H2,2-6H3/b14-10+. The van der Waals surface area contributed by atoms with Gasteiger partial charge in [0.1, 0.15) is 0 Å². The lowest BCUT2D eigenvalue weighted by atomic mass is 9.73. The second kappa shape index (κ2) is 4.73. The monoisotopic (exact) mass is 282 g/mol. The van der Waals surface area contributed by atoms with Gasteiger partial charge in [-0.05, 0) is 42.9 Å². The van der Waals surface area contributed by atoms with E-state index in [2.05, 4.69) is 65.5 Å². The van der Waals surface area contributed by atoms with Crippen molar-refractivity contribution in [2.75, 3.05) is 0 Å². The molecule has 0 N–H and O–H groups in total. The minimum atomic E-state index is 0.381. The zero-order chi connectivity index (χ0) is 15.4. The molecule has 0 heteroatoms. The lowest BCUT2D eigenvalue weighted by Gasteiger charge is -2.32. The predicted molar refractivity (Wildman–Crippen MR) is 91.9 cm³/mol. The van der Waals surface area contributed by atoms with Crippen molar-refractivity contribution < 1.29 is 0 Å². The Balaban J connectivity index is 1.65. The highest BCUT2D eigenvalue weighted by Crippen LogP contribution is 2.78. The Labute approximate surface area is 130 Å². The molecule has 0 aromatic rings. The first-order chi connectivity index (χ1) is 9.77. The van der Waals surface area contributed by atoms with Crippen LogP contribution < -0.4 is 0 Å². The maximum absolute atomic E-state index is 3.92. The molecule has 0 bridgehead atoms. The summed E-state index contributed by atoms with van der Waals surface area (Å²) in [5, 5.41) is 0. The molecule has 5 unspecified atom stereocenters. The SMILES string of the molecule is C=C/C(C)=C/C(CC(C)(C)C)C(C)CC1=CC23C=CC2C13. The van der Waals surface area contributed by atoms with E-state index in [4.69, 9.17) is 0 Å². The van der Waals surface area contributed by atoms with Crippen molar-refractivity contribution in [2.24, 2.45) is 34.5 Å². The molecule has 3 rings (SSSR count). The van der Waals surface area contributed by atoms with E-state index in [0.717, 1.165) is 17.8 Å². The second-order valence-corrected chi connectivity index (χ2v) is 8.81. The van der Waals surface area contributed by atoms with E-state index in [-0.39, 0.29) is 0 Å². The maximum atomic E-state index is 3.92. The van der Waals surface area contributed by atoms with Crippen LogP contribution in [0, 0.1) is 34.5 Å². The summed E-state index contributed by atoms with van der Waals surface area (Å²) in [6.07, 6.45) is 14.4. The van der Waals surface area contributed by atoms with Gasteiger partial charge < -0.3 is 0 Å². The van der Waals surface area contributed by atoms with Gasteiger partial charge in [0, 0.05) is 11.3 Å². The van der Waals surface area contributed by atoms with Gasteiger partial charge in [0.2, 0.25) is 0 Å². The van der Waals surface area contributed by atoms with Gasteiger partial charge >= 0.3 is 0 Å². The molecule has 0 aliphatic heterocycles. The molecule has 1 spiro atoms. The molecule has 21 heavy (non-hydrogen) atoms. The summed E-state index contributed by atoms with van der Waals surface area (Å²) in [7, 11) is 0. The fraction of sp³-hybridized carbons (Fsp3) is 0.619. The lowest BCUT2D eigenvalue weighted by Crippen LogP contribution is -2.21. The molecule has 0 amide bonds. The summed E-state index contributed by atoms with van der Waals surface area (Å²) in [5.41, 5.74) is 4.01. The van der Waals surface area contributed by atoms with Crippen molar-refractivity contribution in [3.63, 3.8) is 0 Å². The fourth-order valence-corrected chi connectivity index (χ4v) is 4.45. The predicted octanol–water partition coefficient (Wildman–Crippen LogP) is 5.94. The average molecular weight is 282 g/mol. The molecular formula is C21H30. The Morgan fingerprint density at radius 1 is 1.43 bits per heavy atom. The van der Waals surface area contributed by atoms with Crippen LogP contribution in [0.1, 0.15) is 47.5 Å². The molecule has 0 radical (unpaired) electrons. The van der Waals surface area contributed by atoms with E-state index in [1.807, 2.05) is 6.08 Å². The van der Waals surface area contributed by atoms with Crippen LogP contribution in [0.4, 0.5) is 0 Å². The van der Waals surface area contributed by atoms with Crippen LogP contribution in [-0.4, -0.2) is 0 Å². The first-order valence-electron chi connectivity index (χ1n) is 8.49. The Morgan fingerprint density at radius 3 is 2.57 bits per heavy atom. The van der Waals surface area contributed by atoms with Crippen LogP contribution in [0.3, 0.4) is 0 Å². The van der Waals surface area contributed by atoms with Gasteiger partial charge in [-0.15, -0.1) is 0 Å². The van der Waals surface area contributed by atoms with E-state index in [1.165, 1.54) is 18.4 Å². The quantitative estimate of drug-likeness (QED) is 0.418. The van der Waals surface area contributed by atoms with Gasteiger partial charge in [0.25, 0.3) is 0 Å². The van der Waals surface area contributed by atoms with Crippen molar-refractivity contribution in [1.82, 2.24) is 0 Å². The number of hydrogen-bond acceptors (Lipinski definition) is 0. The highest BCUT2D eigenvalue weighted by Gasteiger charge is 2.71. The normalized spacial score (nSPS) is 35.7. The van der Waals surface area contributed by atoms with Crippen molar-refractivity contribution in [2.45, 2.75) is 47.5 Å². The zero-order valence-electron chi connectivity index (χ0n) is 14.3. The average Bonchev–Trinajstić information content (AvgIpc) is 2.72. The van der Waals surface area contributed by atoms with Crippen LogP contribution in [0.2, 0.25) is 0 Å². The van der Waals surface area contributed by atoms with Crippen LogP contribution in [-0.2, 0) is 0 Å². The van der Waals surface area contributed by atoms with Gasteiger partial charge in [-0.25, -0.2) is 0 Å². The number of allylic oxidation sites excluding steroid dienone is 7. The molecule has 5 atom stereocenters. The van der Waals surface area contributed by atoms with Gasteiger partial charge in [0.05, 0.1) is 0 Å². The van der Waals surface area contributed by atoms with Crippen molar-refractivity contribution in [3.05, 3.63) is 48.1 Å². The van der Waals surface area contributed by atoms with Gasteiger partial charge in [0.15, 0.2) is 0 Å². The summed E-state index contributed by atoms with van der Waals surface area (Å²) < 4.78 is 0. The number of rotatable bonds is 6. The minimum Gasteiger partial charge on any atom is -0.0988 e. The molecule has 0 nitrogen and oxygen atoms in total. The molecule has 0 aromatic carbocycles. The van der Waals surface area contributed by atoms with Gasteiger partial charge in [-0.2, -0.15) is 0 Å². The Hall–Kier alpha value is -1.04. The third-order valence-corrected chi connectivity index (χ3v) is 5.73. The Kier molecular flexibility index (Phi) is 3.35. The topological polar surface area (TPSA) is 0 Å². The van der Waals surface area contributed by atoms with Crippen molar-refractivity contribution in [1.29, 1.82) is 0 Å². The highest BCUT2D eigenvalue weighted by atomic mass is 14.7. The molecule has 1 fully saturated rings. The summed E-state index contributed by atoms with van der Waals surface area (Å²) in [4.78, 5) is 0. The van der Waals surface area contributed by atoms with Gasteiger partial charge in [-0.1, -0.05) is 75.8 Å². The molecule has 114 valence electrons. The van der Waals surface area contributed by atoms with Crippen molar-refractivity contribution >= 4 is 0 Å². The second-order valence-electron chi connectivity index (χ2n) is 8.81. The Bertz CT molecular complexity index is 537. The summed E-state index contributed by atoms with van der Waals surface area (Å²) in [5.74, 6) is 3.18. The van der Waals surface area contributed by atoms with E-state index >= 15 is 0 Å². The molecule has 1 saturated carbocycles. The molecule has 3 aliphatic rings. The minimum absolute atomic E-state index is 0.381. The lowest BCUT2D eigenvalue weighted by molar-refractivity contribution is 0.268. The maximum Gasteiger partial charge on any atom is 0.0204 e. The highest BCUT2D eigenvalue weighted by molar-refractivity contribution is 5.56. The summed E-state index contributed by atoms with van der Waals surface area (Å²) in [6.45, 7) is 15.6. The summed E-state index contributed by atoms with van der Waals surface area (Å²) >= 11 is 0. The van der Waals surface area contributed by atoms with Gasteiger partial charge in [-0.3, -0.25) is 0 Å². The van der Waals surface area contributed by atoms with Crippen LogP contribution in [0.25, 0.3) is 0 Å². The van der Waals surface area contributed by atoms with E-state index < -0.39 is 0 Å². The first-order valence-corrected chi connectivity index (χ1v) is 8.49.